The Hall–Kier alpha value is -1.00. The normalized spacial score (nSPS) is 17.6. The minimum Gasteiger partial charge on any atom is -0.314 e. The van der Waals surface area contributed by atoms with Gasteiger partial charge in [0.25, 0.3) is 0 Å². The minimum absolute atomic E-state index is 0.650. The van der Waals surface area contributed by atoms with Gasteiger partial charge in [-0.05, 0) is 18.4 Å². The van der Waals surface area contributed by atoms with Crippen LogP contribution in [0.3, 0.4) is 0 Å². The summed E-state index contributed by atoms with van der Waals surface area (Å²) in [4.78, 5) is 11.4. The van der Waals surface area contributed by atoms with E-state index < -0.39 is 0 Å². The maximum absolute atomic E-state index is 4.63. The molecule has 94 valence electrons. The molecule has 1 aliphatic rings. The number of hydrogen-bond donors (Lipinski definition) is 1. The van der Waals surface area contributed by atoms with Crippen LogP contribution < -0.4 is 5.32 Å². The molecule has 4 nitrogen and oxygen atoms in total. The summed E-state index contributed by atoms with van der Waals surface area (Å²) < 4.78 is 0. The van der Waals surface area contributed by atoms with Gasteiger partial charge in [0.15, 0.2) is 0 Å². The molecule has 17 heavy (non-hydrogen) atoms. The van der Waals surface area contributed by atoms with Gasteiger partial charge < -0.3 is 5.32 Å². The van der Waals surface area contributed by atoms with E-state index >= 15 is 0 Å². The number of hydrogen-bond acceptors (Lipinski definition) is 4. The Morgan fingerprint density at radius 2 is 2.12 bits per heavy atom. The van der Waals surface area contributed by atoms with Gasteiger partial charge >= 0.3 is 0 Å². The second-order valence-electron chi connectivity index (χ2n) is 5.09. The van der Waals surface area contributed by atoms with Crippen molar-refractivity contribution in [3.8, 4) is 0 Å². The van der Waals surface area contributed by atoms with Crippen molar-refractivity contribution in [2.75, 3.05) is 26.2 Å². The molecule has 0 atom stereocenters. The lowest BCUT2D eigenvalue weighted by Gasteiger charge is -2.26. The number of aromatic nitrogens is 2. The molecule has 0 unspecified atom stereocenters. The Morgan fingerprint density at radius 3 is 2.82 bits per heavy atom. The van der Waals surface area contributed by atoms with E-state index in [0.717, 1.165) is 45.0 Å². The predicted octanol–water partition coefficient (Wildman–Crippen LogP) is 1.08. The Kier molecular flexibility index (Phi) is 4.45. The Balaban J connectivity index is 1.95. The molecule has 0 spiro atoms. The molecule has 1 N–H and O–H groups in total. The van der Waals surface area contributed by atoms with Crippen molar-refractivity contribution in [1.82, 2.24) is 20.2 Å². The third kappa shape index (κ3) is 4.06. The summed E-state index contributed by atoms with van der Waals surface area (Å²) in [5, 5.41) is 3.36. The largest absolute Gasteiger partial charge is 0.314 e. The fourth-order valence-electron chi connectivity index (χ4n) is 2.12. The van der Waals surface area contributed by atoms with Gasteiger partial charge in [0.1, 0.15) is 5.82 Å². The number of piperazine rings is 1. The van der Waals surface area contributed by atoms with E-state index in [1.165, 1.54) is 5.69 Å². The highest BCUT2D eigenvalue weighted by Crippen LogP contribution is 2.06. The fraction of sp³-hybridized carbons (Fsp3) is 0.692. The van der Waals surface area contributed by atoms with E-state index in [-0.39, 0.29) is 0 Å². The standard InChI is InChI=1S/C13H22N4/c1-11(2)9-12-3-4-15-13(16-12)10-17-7-5-14-6-8-17/h3-4,11,14H,5-10H2,1-2H3. The third-order valence-corrected chi connectivity index (χ3v) is 2.96. The van der Waals surface area contributed by atoms with E-state index in [1.807, 2.05) is 12.3 Å². The summed E-state index contributed by atoms with van der Waals surface area (Å²) >= 11 is 0. The molecule has 2 rings (SSSR count). The van der Waals surface area contributed by atoms with Crippen LogP contribution in [-0.4, -0.2) is 41.0 Å². The van der Waals surface area contributed by atoms with Crippen LogP contribution in [0.2, 0.25) is 0 Å². The highest BCUT2D eigenvalue weighted by molar-refractivity contribution is 5.03. The van der Waals surface area contributed by atoms with Crippen molar-refractivity contribution in [1.29, 1.82) is 0 Å². The molecule has 1 aliphatic heterocycles. The lowest BCUT2D eigenvalue weighted by atomic mass is 10.1. The van der Waals surface area contributed by atoms with Crippen LogP contribution in [0, 0.1) is 5.92 Å². The van der Waals surface area contributed by atoms with E-state index in [9.17, 15) is 0 Å². The SMILES string of the molecule is CC(C)Cc1ccnc(CN2CCNCC2)n1. The average molecular weight is 234 g/mol. The van der Waals surface area contributed by atoms with E-state index in [1.54, 1.807) is 0 Å². The molecule has 0 aromatic carbocycles. The Morgan fingerprint density at radius 1 is 1.35 bits per heavy atom. The maximum atomic E-state index is 4.63. The third-order valence-electron chi connectivity index (χ3n) is 2.96. The number of nitrogens with one attached hydrogen (secondary N) is 1. The summed E-state index contributed by atoms with van der Waals surface area (Å²) in [6.07, 6.45) is 2.93. The van der Waals surface area contributed by atoms with E-state index in [4.69, 9.17) is 0 Å². The molecule has 1 aromatic rings. The molecule has 0 amide bonds. The van der Waals surface area contributed by atoms with Crippen LogP contribution in [-0.2, 0) is 13.0 Å². The summed E-state index contributed by atoms with van der Waals surface area (Å²) in [5.74, 6) is 1.61. The summed E-state index contributed by atoms with van der Waals surface area (Å²) in [5.41, 5.74) is 1.17. The Labute approximate surface area is 103 Å². The highest BCUT2D eigenvalue weighted by Gasteiger charge is 2.11. The van der Waals surface area contributed by atoms with Gasteiger partial charge in [0.05, 0.1) is 6.54 Å². The molecule has 0 bridgehead atoms. The molecule has 0 saturated carbocycles. The van der Waals surface area contributed by atoms with E-state index in [0.29, 0.717) is 5.92 Å². The smallest absolute Gasteiger partial charge is 0.142 e. The summed E-state index contributed by atoms with van der Waals surface area (Å²) in [6.45, 7) is 9.66. The first kappa shape index (κ1) is 12.5. The molecule has 4 heteroatoms. The van der Waals surface area contributed by atoms with Crippen LogP contribution in [0.25, 0.3) is 0 Å². The monoisotopic (exact) mass is 234 g/mol. The van der Waals surface area contributed by atoms with Crippen molar-refractivity contribution in [3.05, 3.63) is 23.8 Å². The number of rotatable bonds is 4. The van der Waals surface area contributed by atoms with Crippen molar-refractivity contribution in [2.45, 2.75) is 26.8 Å². The minimum atomic E-state index is 0.650. The molecule has 1 fully saturated rings. The number of nitrogens with zero attached hydrogens (tertiary/aromatic N) is 3. The molecule has 0 aliphatic carbocycles. The molecule has 1 saturated heterocycles. The van der Waals surface area contributed by atoms with Gasteiger partial charge in [0, 0.05) is 38.1 Å². The van der Waals surface area contributed by atoms with Gasteiger partial charge in [-0.1, -0.05) is 13.8 Å². The molecule has 0 radical (unpaired) electrons. The van der Waals surface area contributed by atoms with Gasteiger partial charge in [0.2, 0.25) is 0 Å². The van der Waals surface area contributed by atoms with Gasteiger partial charge in [-0.25, -0.2) is 9.97 Å². The van der Waals surface area contributed by atoms with Crippen LogP contribution in [0.1, 0.15) is 25.4 Å². The van der Waals surface area contributed by atoms with Crippen LogP contribution in [0.15, 0.2) is 12.3 Å². The summed E-state index contributed by atoms with van der Waals surface area (Å²) in [6, 6.07) is 2.03. The van der Waals surface area contributed by atoms with Crippen molar-refractivity contribution < 1.29 is 0 Å². The lowest BCUT2D eigenvalue weighted by molar-refractivity contribution is 0.227. The van der Waals surface area contributed by atoms with Crippen LogP contribution in [0.4, 0.5) is 0 Å². The van der Waals surface area contributed by atoms with Crippen molar-refractivity contribution >= 4 is 0 Å². The first-order valence-electron chi connectivity index (χ1n) is 6.48. The molecule has 2 heterocycles. The lowest BCUT2D eigenvalue weighted by Crippen LogP contribution is -2.43. The molecular formula is C13H22N4. The van der Waals surface area contributed by atoms with Crippen LogP contribution in [0.5, 0.6) is 0 Å². The molecular weight excluding hydrogens is 212 g/mol. The predicted molar refractivity (Wildman–Crippen MR) is 68.7 cm³/mol. The topological polar surface area (TPSA) is 41.1 Å². The second-order valence-corrected chi connectivity index (χ2v) is 5.09. The van der Waals surface area contributed by atoms with E-state index in [2.05, 4.69) is 34.0 Å². The Bertz CT molecular complexity index is 345. The molecule has 1 aromatic heterocycles. The zero-order chi connectivity index (χ0) is 12.1. The van der Waals surface area contributed by atoms with Crippen molar-refractivity contribution in [3.63, 3.8) is 0 Å². The maximum Gasteiger partial charge on any atom is 0.142 e. The summed E-state index contributed by atoms with van der Waals surface area (Å²) in [7, 11) is 0. The zero-order valence-corrected chi connectivity index (χ0v) is 10.8. The van der Waals surface area contributed by atoms with Gasteiger partial charge in [-0.3, -0.25) is 4.90 Å². The second kappa shape index (κ2) is 6.07. The van der Waals surface area contributed by atoms with Crippen LogP contribution >= 0.6 is 0 Å². The fourth-order valence-corrected chi connectivity index (χ4v) is 2.12. The van der Waals surface area contributed by atoms with Gasteiger partial charge in [-0.2, -0.15) is 0 Å². The average Bonchev–Trinajstić information content (AvgIpc) is 2.30. The van der Waals surface area contributed by atoms with Crippen molar-refractivity contribution in [2.24, 2.45) is 5.92 Å². The quantitative estimate of drug-likeness (QED) is 0.846. The zero-order valence-electron chi connectivity index (χ0n) is 10.8. The first-order chi connectivity index (χ1) is 8.24. The first-order valence-corrected chi connectivity index (χ1v) is 6.48. The highest BCUT2D eigenvalue weighted by atomic mass is 15.2. The van der Waals surface area contributed by atoms with Gasteiger partial charge in [-0.15, -0.1) is 0 Å².